The summed E-state index contributed by atoms with van der Waals surface area (Å²) in [5.74, 6) is -1.39. The maximum Gasteiger partial charge on any atom is 0.280 e. The van der Waals surface area contributed by atoms with Gasteiger partial charge in [0.05, 0.1) is 22.5 Å². The van der Waals surface area contributed by atoms with Gasteiger partial charge in [-0.3, -0.25) is 9.59 Å². The summed E-state index contributed by atoms with van der Waals surface area (Å²) in [6, 6.07) is 10.6. The molecule has 6 aromatic rings. The molecule has 3 N–H and O–H groups in total. The zero-order valence-corrected chi connectivity index (χ0v) is 21.9. The van der Waals surface area contributed by atoms with E-state index in [9.17, 15) is 18.4 Å². The van der Waals surface area contributed by atoms with Crippen molar-refractivity contribution in [2.45, 2.75) is 13.3 Å². The molecule has 0 aliphatic rings. The highest BCUT2D eigenvalue weighted by Gasteiger charge is 2.27. The van der Waals surface area contributed by atoms with Crippen molar-refractivity contribution in [3.05, 3.63) is 75.2 Å². The van der Waals surface area contributed by atoms with Crippen molar-refractivity contribution in [2.24, 2.45) is 5.73 Å². The molecule has 6 heterocycles. The number of hydrogen-bond donors (Lipinski definition) is 2. The Morgan fingerprint density at radius 1 is 1.13 bits per heavy atom. The Kier molecular flexibility index (Phi) is 5.97. The lowest BCUT2D eigenvalue weighted by molar-refractivity contribution is 0.100. The molecule has 190 valence electrons. The minimum atomic E-state index is -2.82. The van der Waals surface area contributed by atoms with Crippen molar-refractivity contribution in [1.29, 1.82) is 0 Å². The van der Waals surface area contributed by atoms with Crippen LogP contribution in [-0.2, 0) is 0 Å². The number of alkyl halides is 2. The number of carbonyl (C=O) groups is 2. The molecule has 0 aliphatic heterocycles. The number of nitrogens with two attached hydrogens (primary N) is 1. The first-order valence-corrected chi connectivity index (χ1v) is 13.6. The zero-order valence-electron chi connectivity index (χ0n) is 19.4. The molecule has 0 saturated heterocycles. The normalized spacial score (nSPS) is 11.6. The van der Waals surface area contributed by atoms with Gasteiger partial charge in [0.25, 0.3) is 18.2 Å². The van der Waals surface area contributed by atoms with E-state index >= 15 is 0 Å². The van der Waals surface area contributed by atoms with Crippen molar-refractivity contribution >= 4 is 67.4 Å². The van der Waals surface area contributed by atoms with Crippen LogP contribution in [0.5, 0.6) is 0 Å². The lowest BCUT2D eigenvalue weighted by atomic mass is 10.1. The second-order valence-electron chi connectivity index (χ2n) is 8.21. The number of aryl methyl sites for hydroxylation is 1. The highest BCUT2D eigenvalue weighted by atomic mass is 32.1. The number of nitrogens with one attached hydrogen (secondary N) is 1. The van der Waals surface area contributed by atoms with Crippen molar-refractivity contribution in [3.63, 3.8) is 0 Å². The summed E-state index contributed by atoms with van der Waals surface area (Å²) in [5.41, 5.74) is 7.02. The summed E-state index contributed by atoms with van der Waals surface area (Å²) < 4.78 is 29.0. The van der Waals surface area contributed by atoms with Crippen LogP contribution < -0.4 is 11.1 Å². The zero-order chi connectivity index (χ0) is 26.6. The molecule has 0 atom stereocenters. The molecule has 0 aromatic carbocycles. The van der Waals surface area contributed by atoms with E-state index in [2.05, 4.69) is 20.4 Å². The molecule has 0 fully saturated rings. The van der Waals surface area contributed by atoms with Gasteiger partial charge < -0.3 is 11.1 Å². The van der Waals surface area contributed by atoms with Gasteiger partial charge in [-0.25, -0.2) is 23.3 Å². The summed E-state index contributed by atoms with van der Waals surface area (Å²) >= 11 is 3.79. The summed E-state index contributed by atoms with van der Waals surface area (Å²) in [5, 5.41) is 9.45. The smallest absolute Gasteiger partial charge is 0.280 e. The second-order valence-corrected chi connectivity index (χ2v) is 11.4. The average Bonchev–Trinajstić information content (AvgIpc) is 3.69. The first kappa shape index (κ1) is 24.3. The number of fused-ring (bicyclic) bond motifs is 2. The highest BCUT2D eigenvalue weighted by molar-refractivity contribution is 7.21. The molecule has 13 heteroatoms. The second kappa shape index (κ2) is 9.35. The fourth-order valence-electron chi connectivity index (χ4n) is 4.14. The Morgan fingerprint density at radius 2 is 1.97 bits per heavy atom. The number of amides is 2. The molecular weight excluding hydrogens is 551 g/mol. The molecule has 6 aromatic heterocycles. The van der Waals surface area contributed by atoms with Crippen molar-refractivity contribution < 1.29 is 18.4 Å². The number of pyridine rings is 1. The van der Waals surface area contributed by atoms with Gasteiger partial charge in [-0.1, -0.05) is 6.07 Å². The van der Waals surface area contributed by atoms with Gasteiger partial charge in [-0.15, -0.1) is 34.0 Å². The Morgan fingerprint density at radius 3 is 2.66 bits per heavy atom. The number of carbonyl (C=O) groups excluding carboxylic acids is 2. The van der Waals surface area contributed by atoms with Crippen LogP contribution in [0.15, 0.2) is 54.2 Å². The molecule has 6 rings (SSSR count). The molecule has 0 saturated carbocycles. The summed E-state index contributed by atoms with van der Waals surface area (Å²) in [6.45, 7) is 1.90. The summed E-state index contributed by atoms with van der Waals surface area (Å²) in [7, 11) is 0. The van der Waals surface area contributed by atoms with E-state index in [-0.39, 0.29) is 21.0 Å². The van der Waals surface area contributed by atoms with Crippen molar-refractivity contribution in [2.75, 3.05) is 5.32 Å². The van der Waals surface area contributed by atoms with Crippen LogP contribution >= 0.6 is 34.0 Å². The third kappa shape index (κ3) is 4.04. The maximum absolute atomic E-state index is 13.7. The predicted octanol–water partition coefficient (Wildman–Crippen LogP) is 6.39. The first-order valence-electron chi connectivity index (χ1n) is 11.1. The van der Waals surface area contributed by atoms with Crippen LogP contribution in [0.1, 0.15) is 37.0 Å². The fraction of sp³-hybridized carbons (Fsp3) is 0.0800. The van der Waals surface area contributed by atoms with Crippen LogP contribution in [0.4, 0.5) is 14.5 Å². The number of rotatable bonds is 6. The van der Waals surface area contributed by atoms with Gasteiger partial charge in [-0.2, -0.15) is 5.10 Å². The number of primary amides is 1. The van der Waals surface area contributed by atoms with E-state index in [4.69, 9.17) is 5.73 Å². The maximum atomic E-state index is 13.7. The lowest BCUT2D eigenvalue weighted by Crippen LogP contribution is -2.17. The van der Waals surface area contributed by atoms with E-state index in [1.807, 2.05) is 30.5 Å². The molecule has 0 bridgehead atoms. The minimum Gasteiger partial charge on any atom is -0.365 e. The summed E-state index contributed by atoms with van der Waals surface area (Å²) in [6.07, 6.45) is 0.160. The number of anilines is 1. The van der Waals surface area contributed by atoms with Gasteiger partial charge in [0, 0.05) is 26.9 Å². The minimum absolute atomic E-state index is 0.00509. The quantitative estimate of drug-likeness (QED) is 0.242. The van der Waals surface area contributed by atoms with Crippen LogP contribution in [0, 0.1) is 6.92 Å². The molecule has 8 nitrogen and oxygen atoms in total. The van der Waals surface area contributed by atoms with Crippen LogP contribution in [0.25, 0.3) is 36.9 Å². The van der Waals surface area contributed by atoms with Crippen LogP contribution in [0.2, 0.25) is 0 Å². The van der Waals surface area contributed by atoms with Crippen LogP contribution in [0.3, 0.4) is 0 Å². The molecular formula is C25H16F2N6O2S3. The van der Waals surface area contributed by atoms with Gasteiger partial charge in [0.15, 0.2) is 5.65 Å². The summed E-state index contributed by atoms with van der Waals surface area (Å²) in [4.78, 5) is 37.2. The van der Waals surface area contributed by atoms with E-state index in [1.54, 1.807) is 22.8 Å². The largest absolute Gasteiger partial charge is 0.365 e. The monoisotopic (exact) mass is 566 g/mol. The molecule has 0 radical (unpaired) electrons. The van der Waals surface area contributed by atoms with E-state index < -0.39 is 23.9 Å². The van der Waals surface area contributed by atoms with Gasteiger partial charge in [-0.05, 0) is 42.6 Å². The third-order valence-electron chi connectivity index (χ3n) is 5.79. The number of halogens is 2. The molecule has 38 heavy (non-hydrogen) atoms. The van der Waals surface area contributed by atoms with Gasteiger partial charge in [0.1, 0.15) is 21.0 Å². The number of nitrogens with zero attached hydrogens (tertiary/aromatic N) is 4. The van der Waals surface area contributed by atoms with Gasteiger partial charge >= 0.3 is 0 Å². The molecule has 0 spiro atoms. The van der Waals surface area contributed by atoms with Gasteiger partial charge in [0.2, 0.25) is 0 Å². The van der Waals surface area contributed by atoms with Crippen LogP contribution in [-0.4, -0.2) is 31.4 Å². The molecule has 2 amide bonds. The number of hydrogen-bond acceptors (Lipinski definition) is 8. The van der Waals surface area contributed by atoms with E-state index in [0.717, 1.165) is 26.8 Å². The Bertz CT molecular complexity index is 1860. The van der Waals surface area contributed by atoms with E-state index in [1.165, 1.54) is 34.9 Å². The Labute approximate surface area is 225 Å². The fourth-order valence-corrected chi connectivity index (χ4v) is 6.78. The van der Waals surface area contributed by atoms with Crippen molar-refractivity contribution in [3.8, 4) is 21.0 Å². The lowest BCUT2D eigenvalue weighted by Gasteiger charge is -2.09. The standard InChI is InChI=1S/C25H16F2N6O2S3/c1-11-4-5-16(37-11)12-9-14(21(26)27)31-25-18(12)19(20(38-25)22(28)34)32-24(35)13-10-30-33-15(6-7-29-23(13)33)17-3-2-8-36-17/h2-10,21H,1H3,(H2,28,34)(H,32,35). The van der Waals surface area contributed by atoms with Crippen molar-refractivity contribution in [1.82, 2.24) is 19.6 Å². The topological polar surface area (TPSA) is 115 Å². The highest BCUT2D eigenvalue weighted by Crippen LogP contribution is 2.44. The SMILES string of the molecule is Cc1ccc(-c2cc(C(F)F)nc3sc(C(N)=O)c(NC(=O)c4cnn5c(-c6cccs6)ccnc45)c23)s1. The predicted molar refractivity (Wildman–Crippen MR) is 145 cm³/mol. The Balaban J connectivity index is 1.51. The molecule has 0 aliphatic carbocycles. The third-order valence-corrected chi connectivity index (χ3v) is 8.82. The Hall–Kier alpha value is -4.07. The molecule has 0 unspecified atom stereocenters. The number of aromatic nitrogens is 4. The average molecular weight is 567 g/mol. The number of thiophene rings is 3. The van der Waals surface area contributed by atoms with E-state index in [0.29, 0.717) is 21.5 Å². The first-order chi connectivity index (χ1) is 18.3.